The molecule has 1 saturated carbocycles. The van der Waals surface area contributed by atoms with Crippen molar-refractivity contribution in [2.75, 3.05) is 19.0 Å². The van der Waals surface area contributed by atoms with Gasteiger partial charge >= 0.3 is 5.76 Å². The monoisotopic (exact) mass is 722 g/mol. The molecule has 11 rings (SSSR count). The first-order chi connectivity index (χ1) is 25.2. The van der Waals surface area contributed by atoms with Gasteiger partial charge in [0.25, 0.3) is 11.8 Å². The Bertz CT molecular complexity index is 2540. The first-order valence-corrected chi connectivity index (χ1v) is 17.9. The Morgan fingerprint density at radius 2 is 1.90 bits per heavy atom. The van der Waals surface area contributed by atoms with Crippen LogP contribution in [0.2, 0.25) is 0 Å². The average molecular weight is 723 g/mol. The van der Waals surface area contributed by atoms with Crippen LogP contribution < -0.4 is 15.8 Å². The van der Waals surface area contributed by atoms with Gasteiger partial charge in [-0.1, -0.05) is 12.1 Å². The fraction of sp³-hybridized carbons (Fsp3) is 0.289. The summed E-state index contributed by atoms with van der Waals surface area (Å²) in [6.07, 6.45) is 5.37. The van der Waals surface area contributed by atoms with E-state index in [-0.39, 0.29) is 29.4 Å². The number of amides is 1. The molecule has 1 spiro atoms. The SMILES string of the molecule is COc1c(F)c(F)cc2c1CC[C@H]2Nc1nccc2cc(-c3c4c(nc(CCc5ccc(F)cc5)c3-c3n[nH]c(=O)o3)C35CC(CN3C4=O)C5)sc12. The Morgan fingerprint density at radius 1 is 1.08 bits per heavy atom. The van der Waals surface area contributed by atoms with Gasteiger partial charge in [0.2, 0.25) is 5.82 Å². The normalized spacial score (nSPS) is 21.0. The lowest BCUT2D eigenvalue weighted by atomic mass is 9.71. The molecule has 4 aromatic heterocycles. The van der Waals surface area contributed by atoms with E-state index in [4.69, 9.17) is 14.1 Å². The summed E-state index contributed by atoms with van der Waals surface area (Å²) in [7, 11) is 1.33. The van der Waals surface area contributed by atoms with Crippen LogP contribution in [-0.4, -0.2) is 44.6 Å². The first-order valence-electron chi connectivity index (χ1n) is 17.1. The van der Waals surface area contributed by atoms with Crippen LogP contribution in [-0.2, 0) is 24.8 Å². The summed E-state index contributed by atoms with van der Waals surface area (Å²) in [6.45, 7) is 0.662. The summed E-state index contributed by atoms with van der Waals surface area (Å²) in [4.78, 5) is 39.3. The second-order valence-corrected chi connectivity index (χ2v) is 15.0. The van der Waals surface area contributed by atoms with Crippen LogP contribution in [0.3, 0.4) is 0 Å². The molecular formula is C38H29F3N6O4S. The fourth-order valence-corrected chi connectivity index (χ4v) is 10.1. The fourth-order valence-electron chi connectivity index (χ4n) is 8.89. The van der Waals surface area contributed by atoms with Crippen LogP contribution in [0.4, 0.5) is 19.0 Å². The van der Waals surface area contributed by atoms with E-state index < -0.39 is 22.9 Å². The van der Waals surface area contributed by atoms with Crippen LogP contribution in [0.15, 0.2) is 57.9 Å². The molecule has 14 heteroatoms. The number of rotatable bonds is 8. The number of aromatic nitrogens is 4. The highest BCUT2D eigenvalue weighted by Gasteiger charge is 2.65. The van der Waals surface area contributed by atoms with Crippen LogP contribution in [0.5, 0.6) is 5.75 Å². The van der Waals surface area contributed by atoms with Gasteiger partial charge in [0.15, 0.2) is 11.6 Å². The molecule has 1 amide bonds. The van der Waals surface area contributed by atoms with Gasteiger partial charge < -0.3 is 19.4 Å². The Hall–Kier alpha value is -5.50. The second kappa shape index (κ2) is 11.2. The Kier molecular flexibility index (Phi) is 6.76. The molecule has 6 aromatic rings. The number of aryl methyl sites for hydroxylation is 2. The molecule has 0 radical (unpaired) electrons. The van der Waals surface area contributed by atoms with Crippen molar-refractivity contribution in [2.45, 2.75) is 50.1 Å². The molecule has 3 aliphatic heterocycles. The molecule has 2 aliphatic carbocycles. The van der Waals surface area contributed by atoms with E-state index in [2.05, 4.69) is 20.5 Å². The maximum absolute atomic E-state index is 14.6. The number of hydrogen-bond acceptors (Lipinski definition) is 9. The van der Waals surface area contributed by atoms with Crippen molar-refractivity contribution < 1.29 is 27.1 Å². The minimum Gasteiger partial charge on any atom is -0.493 e. The number of ether oxygens (including phenoxy) is 1. The summed E-state index contributed by atoms with van der Waals surface area (Å²) in [5, 5.41) is 10.9. The first kappa shape index (κ1) is 31.3. The minimum atomic E-state index is -0.998. The number of aromatic amines is 1. The summed E-state index contributed by atoms with van der Waals surface area (Å²) in [5.41, 5.74) is 4.54. The van der Waals surface area contributed by atoms with Gasteiger partial charge in [-0.2, -0.15) is 4.39 Å². The average Bonchev–Trinajstić information content (AvgIpc) is 3.97. The van der Waals surface area contributed by atoms with Gasteiger partial charge in [-0.25, -0.2) is 23.7 Å². The molecule has 2 bridgehead atoms. The largest absolute Gasteiger partial charge is 0.493 e. The highest BCUT2D eigenvalue weighted by Crippen LogP contribution is 2.63. The lowest BCUT2D eigenvalue weighted by Crippen LogP contribution is -2.40. The molecule has 10 nitrogen and oxygen atoms in total. The molecule has 2 N–H and O–H groups in total. The zero-order chi connectivity index (χ0) is 35.5. The quantitative estimate of drug-likeness (QED) is 0.171. The van der Waals surface area contributed by atoms with Crippen LogP contribution >= 0.6 is 11.3 Å². The number of carbonyl (C=O) groups is 1. The molecule has 0 unspecified atom stereocenters. The Labute approximate surface area is 297 Å². The van der Waals surface area contributed by atoms with Gasteiger partial charge in [0.1, 0.15) is 11.6 Å². The van der Waals surface area contributed by atoms with Crippen molar-refractivity contribution in [3.8, 4) is 27.6 Å². The number of anilines is 1. The molecule has 2 saturated heterocycles. The lowest BCUT2D eigenvalue weighted by molar-refractivity contribution is 0.0637. The van der Waals surface area contributed by atoms with E-state index in [1.54, 1.807) is 18.3 Å². The second-order valence-electron chi connectivity index (χ2n) is 14.0. The smallest absolute Gasteiger partial charge is 0.434 e. The van der Waals surface area contributed by atoms with E-state index in [1.807, 2.05) is 17.0 Å². The Morgan fingerprint density at radius 3 is 2.67 bits per heavy atom. The number of nitrogens with zero attached hydrogens (tertiary/aromatic N) is 4. The molecule has 7 heterocycles. The van der Waals surface area contributed by atoms with Crippen molar-refractivity contribution in [2.24, 2.45) is 5.92 Å². The van der Waals surface area contributed by atoms with Crippen molar-refractivity contribution >= 4 is 33.1 Å². The van der Waals surface area contributed by atoms with Gasteiger partial charge in [-0.15, -0.1) is 16.4 Å². The predicted octanol–water partition coefficient (Wildman–Crippen LogP) is 7.09. The van der Waals surface area contributed by atoms with Crippen LogP contribution in [0.25, 0.3) is 32.0 Å². The van der Waals surface area contributed by atoms with E-state index in [9.17, 15) is 22.8 Å². The van der Waals surface area contributed by atoms with Crippen LogP contribution in [0, 0.1) is 23.4 Å². The maximum Gasteiger partial charge on any atom is 0.434 e. The molecular weight excluding hydrogens is 694 g/mol. The van der Waals surface area contributed by atoms with Crippen molar-refractivity contribution in [3.63, 3.8) is 0 Å². The number of carbonyl (C=O) groups excluding carboxylic acids is 1. The molecule has 3 fully saturated rings. The summed E-state index contributed by atoms with van der Waals surface area (Å²) in [5.74, 6) is -2.22. The molecule has 2 aromatic carbocycles. The van der Waals surface area contributed by atoms with Crippen LogP contribution in [0.1, 0.15) is 63.7 Å². The van der Waals surface area contributed by atoms with Gasteiger partial charge in [0.05, 0.1) is 45.9 Å². The molecule has 262 valence electrons. The Balaban J connectivity index is 1.14. The van der Waals surface area contributed by atoms with Gasteiger partial charge in [-0.05, 0) is 91.3 Å². The standard InChI is InChI=1S/C38H29F3N6O4S/c1-50-31-21-7-9-24(22(21)13-23(40)30(31)41)44-34-32-19(10-11-42-34)12-26(52-32)28-27(35-45-46-37(49)51-35)25(8-4-17-2-5-20(39)6-3-17)43-33-29(28)36(48)47-16-18-14-38(33,47)15-18/h2-3,5-6,10-13,18,24H,4,7-9,14-16H2,1H3,(H,42,44)(H,46,49)/t18?,24-,38?/m1/s1. The third-order valence-electron chi connectivity index (χ3n) is 11.2. The lowest BCUT2D eigenvalue weighted by Gasteiger charge is -2.37. The summed E-state index contributed by atoms with van der Waals surface area (Å²) >= 11 is 1.42. The molecule has 52 heavy (non-hydrogen) atoms. The van der Waals surface area contributed by atoms with E-state index in [1.165, 1.54) is 36.6 Å². The van der Waals surface area contributed by atoms with Crippen molar-refractivity contribution in [1.29, 1.82) is 0 Å². The predicted molar refractivity (Wildman–Crippen MR) is 186 cm³/mol. The number of halogens is 3. The number of nitrogens with one attached hydrogen (secondary N) is 2. The third kappa shape index (κ3) is 4.45. The number of hydrogen-bond donors (Lipinski definition) is 2. The van der Waals surface area contributed by atoms with Crippen molar-refractivity contribution in [3.05, 3.63) is 110 Å². The molecule has 1 atom stereocenters. The van der Waals surface area contributed by atoms with E-state index >= 15 is 0 Å². The van der Waals surface area contributed by atoms with Gasteiger partial charge in [0, 0.05) is 28.7 Å². The highest BCUT2D eigenvalue weighted by atomic mass is 32.1. The zero-order valence-electron chi connectivity index (χ0n) is 27.7. The summed E-state index contributed by atoms with van der Waals surface area (Å²) in [6, 6.07) is 11.0. The molecule has 5 aliphatic rings. The van der Waals surface area contributed by atoms with E-state index in [0.717, 1.165) is 39.1 Å². The number of benzene rings is 2. The van der Waals surface area contributed by atoms with E-state index in [0.29, 0.717) is 77.5 Å². The van der Waals surface area contributed by atoms with Gasteiger partial charge in [-0.3, -0.25) is 9.78 Å². The highest BCUT2D eigenvalue weighted by molar-refractivity contribution is 7.23. The summed E-state index contributed by atoms with van der Waals surface area (Å²) < 4.78 is 54.5. The number of methoxy groups -OCH3 is 1. The topological polar surface area (TPSA) is 126 Å². The minimum absolute atomic E-state index is 0.0212. The number of fused-ring (bicyclic) bond motifs is 3. The maximum atomic E-state index is 14.6. The van der Waals surface area contributed by atoms with Crippen molar-refractivity contribution in [1.82, 2.24) is 25.1 Å². The third-order valence-corrected chi connectivity index (χ3v) is 12.3. The number of thiophene rings is 1. The number of pyridine rings is 2. The zero-order valence-corrected chi connectivity index (χ0v) is 28.5. The number of H-pyrrole nitrogens is 1.